The van der Waals surface area contributed by atoms with E-state index in [9.17, 15) is 4.79 Å². The molecule has 1 aromatic rings. The van der Waals surface area contributed by atoms with Crippen molar-refractivity contribution in [2.45, 2.75) is 6.92 Å². The number of esters is 1. The molecule has 90 valence electrons. The molecule has 1 aromatic carbocycles. The molecule has 5 heteroatoms. The van der Waals surface area contributed by atoms with Crippen molar-refractivity contribution in [2.75, 3.05) is 13.4 Å². The number of ether oxygens (including phenoxy) is 3. The highest BCUT2D eigenvalue weighted by molar-refractivity contribution is 6.32. The van der Waals surface area contributed by atoms with E-state index in [4.69, 9.17) is 25.8 Å². The molecule has 0 aromatic heterocycles. The number of hydrogen-bond acceptors (Lipinski definition) is 4. The Bertz CT molecular complexity index is 468. The van der Waals surface area contributed by atoms with Gasteiger partial charge >= 0.3 is 5.97 Å². The average Bonchev–Trinajstić information content (AvgIpc) is 2.73. The molecule has 0 saturated carbocycles. The van der Waals surface area contributed by atoms with Gasteiger partial charge in [-0.2, -0.15) is 0 Å². The standard InChI is InChI=1S/C12H11ClO4/c1-2-15-12(14)4-3-8-5-10-11(6-9(8)13)17-7-16-10/h3-6H,2,7H2,1H3/b4-3+. The Balaban J connectivity index is 2.19. The number of hydrogen-bond donors (Lipinski definition) is 0. The maximum Gasteiger partial charge on any atom is 0.330 e. The van der Waals surface area contributed by atoms with E-state index in [0.717, 1.165) is 0 Å². The van der Waals surface area contributed by atoms with Crippen molar-refractivity contribution in [2.24, 2.45) is 0 Å². The van der Waals surface area contributed by atoms with Crippen LogP contribution in [0.1, 0.15) is 12.5 Å². The third kappa shape index (κ3) is 2.71. The van der Waals surface area contributed by atoms with E-state index in [1.54, 1.807) is 25.1 Å². The van der Waals surface area contributed by atoms with Crippen molar-refractivity contribution in [3.05, 3.63) is 28.8 Å². The second kappa shape index (κ2) is 5.10. The lowest BCUT2D eigenvalue weighted by molar-refractivity contribution is -0.137. The number of carbonyl (C=O) groups is 1. The molecule has 4 nitrogen and oxygen atoms in total. The first kappa shape index (κ1) is 11.8. The molecule has 0 amide bonds. The lowest BCUT2D eigenvalue weighted by atomic mass is 10.2. The Kier molecular flexibility index (Phi) is 3.54. The van der Waals surface area contributed by atoms with Crippen LogP contribution in [-0.2, 0) is 9.53 Å². The van der Waals surface area contributed by atoms with Crippen LogP contribution >= 0.6 is 11.6 Å². The van der Waals surface area contributed by atoms with Crippen LogP contribution in [0, 0.1) is 0 Å². The summed E-state index contributed by atoms with van der Waals surface area (Å²) in [5.41, 5.74) is 0.684. The largest absolute Gasteiger partial charge is 0.463 e. The predicted molar refractivity (Wildman–Crippen MR) is 63.2 cm³/mol. The fraction of sp³-hybridized carbons (Fsp3) is 0.250. The van der Waals surface area contributed by atoms with Gasteiger partial charge in [0, 0.05) is 12.1 Å². The summed E-state index contributed by atoms with van der Waals surface area (Å²) in [5, 5.41) is 0.495. The Labute approximate surface area is 104 Å². The fourth-order valence-electron chi connectivity index (χ4n) is 1.41. The van der Waals surface area contributed by atoms with Crippen LogP contribution in [-0.4, -0.2) is 19.4 Å². The molecule has 0 bridgehead atoms. The van der Waals surface area contributed by atoms with E-state index in [1.165, 1.54) is 6.08 Å². The molecule has 1 aliphatic rings. The summed E-state index contributed by atoms with van der Waals surface area (Å²) in [4.78, 5) is 11.2. The Morgan fingerprint density at radius 2 is 2.18 bits per heavy atom. The highest BCUT2D eigenvalue weighted by Gasteiger charge is 2.15. The van der Waals surface area contributed by atoms with Crippen LogP contribution in [0.15, 0.2) is 18.2 Å². The Hall–Kier alpha value is -1.68. The van der Waals surface area contributed by atoms with Gasteiger partial charge in [-0.3, -0.25) is 0 Å². The van der Waals surface area contributed by atoms with Gasteiger partial charge in [0.1, 0.15) is 0 Å². The Morgan fingerprint density at radius 1 is 1.47 bits per heavy atom. The number of fused-ring (bicyclic) bond motifs is 1. The quantitative estimate of drug-likeness (QED) is 0.614. The molecule has 2 rings (SSSR count). The van der Waals surface area contributed by atoms with Gasteiger partial charge in [0.05, 0.1) is 11.6 Å². The molecule has 0 atom stereocenters. The molecule has 0 unspecified atom stereocenters. The number of rotatable bonds is 3. The van der Waals surface area contributed by atoms with Crippen LogP contribution < -0.4 is 9.47 Å². The second-order valence-corrected chi connectivity index (χ2v) is 3.72. The number of benzene rings is 1. The van der Waals surface area contributed by atoms with Gasteiger partial charge in [-0.1, -0.05) is 11.6 Å². The van der Waals surface area contributed by atoms with E-state index >= 15 is 0 Å². The first-order valence-electron chi connectivity index (χ1n) is 5.14. The van der Waals surface area contributed by atoms with E-state index in [-0.39, 0.29) is 6.79 Å². The molecular formula is C12H11ClO4. The fourth-order valence-corrected chi connectivity index (χ4v) is 1.63. The van der Waals surface area contributed by atoms with Gasteiger partial charge < -0.3 is 14.2 Å². The monoisotopic (exact) mass is 254 g/mol. The van der Waals surface area contributed by atoms with Gasteiger partial charge in [0.25, 0.3) is 0 Å². The third-order valence-corrected chi connectivity index (χ3v) is 2.50. The van der Waals surface area contributed by atoms with Crippen molar-refractivity contribution in [1.82, 2.24) is 0 Å². The van der Waals surface area contributed by atoms with Crippen LogP contribution in [0.2, 0.25) is 5.02 Å². The van der Waals surface area contributed by atoms with Gasteiger partial charge in [0.2, 0.25) is 6.79 Å². The summed E-state index contributed by atoms with van der Waals surface area (Å²) in [5.74, 6) is 0.836. The van der Waals surface area contributed by atoms with Crippen molar-refractivity contribution in [3.8, 4) is 11.5 Å². The molecule has 17 heavy (non-hydrogen) atoms. The van der Waals surface area contributed by atoms with E-state index < -0.39 is 5.97 Å². The molecule has 0 aliphatic carbocycles. The predicted octanol–water partition coefficient (Wildman–Crippen LogP) is 2.65. The average molecular weight is 255 g/mol. The first-order chi connectivity index (χ1) is 8.20. The van der Waals surface area contributed by atoms with E-state index in [2.05, 4.69) is 0 Å². The molecular weight excluding hydrogens is 244 g/mol. The van der Waals surface area contributed by atoms with Crippen molar-refractivity contribution in [3.63, 3.8) is 0 Å². The second-order valence-electron chi connectivity index (χ2n) is 3.31. The summed E-state index contributed by atoms with van der Waals surface area (Å²) in [6, 6.07) is 3.38. The van der Waals surface area contributed by atoms with Crippen LogP contribution in [0.3, 0.4) is 0 Å². The number of halogens is 1. The van der Waals surface area contributed by atoms with E-state index in [0.29, 0.717) is 28.7 Å². The first-order valence-corrected chi connectivity index (χ1v) is 5.52. The summed E-state index contributed by atoms with van der Waals surface area (Å²) in [7, 11) is 0. The minimum Gasteiger partial charge on any atom is -0.463 e. The van der Waals surface area contributed by atoms with Gasteiger partial charge in [-0.15, -0.1) is 0 Å². The lowest BCUT2D eigenvalue weighted by Gasteiger charge is -2.01. The highest BCUT2D eigenvalue weighted by Crippen LogP contribution is 2.37. The SMILES string of the molecule is CCOC(=O)/C=C/c1cc2c(cc1Cl)OCO2. The van der Waals surface area contributed by atoms with E-state index in [1.807, 2.05) is 0 Å². The van der Waals surface area contributed by atoms with Crippen molar-refractivity contribution >= 4 is 23.6 Å². The summed E-state index contributed by atoms with van der Waals surface area (Å²) >= 11 is 6.03. The summed E-state index contributed by atoms with van der Waals surface area (Å²) < 4.78 is 15.2. The van der Waals surface area contributed by atoms with Crippen molar-refractivity contribution < 1.29 is 19.0 Å². The lowest BCUT2D eigenvalue weighted by Crippen LogP contribution is -1.98. The molecule has 0 N–H and O–H groups in total. The molecule has 1 heterocycles. The van der Waals surface area contributed by atoms with Crippen molar-refractivity contribution in [1.29, 1.82) is 0 Å². The van der Waals surface area contributed by atoms with Crippen LogP contribution in [0.4, 0.5) is 0 Å². The summed E-state index contributed by atoms with van der Waals surface area (Å²) in [6.45, 7) is 2.29. The minimum absolute atomic E-state index is 0.191. The number of carbonyl (C=O) groups excluding carboxylic acids is 1. The zero-order chi connectivity index (χ0) is 12.3. The highest BCUT2D eigenvalue weighted by atomic mass is 35.5. The summed E-state index contributed by atoms with van der Waals surface area (Å²) in [6.07, 6.45) is 2.91. The zero-order valence-electron chi connectivity index (χ0n) is 9.23. The zero-order valence-corrected chi connectivity index (χ0v) is 9.99. The van der Waals surface area contributed by atoms with Gasteiger partial charge in [-0.25, -0.2) is 4.79 Å². The Morgan fingerprint density at radius 3 is 2.88 bits per heavy atom. The topological polar surface area (TPSA) is 44.8 Å². The third-order valence-electron chi connectivity index (χ3n) is 2.18. The molecule has 0 saturated heterocycles. The van der Waals surface area contributed by atoms with Crippen LogP contribution in [0.25, 0.3) is 6.08 Å². The maximum absolute atomic E-state index is 11.2. The minimum atomic E-state index is -0.402. The van der Waals surface area contributed by atoms with Gasteiger partial charge in [0.15, 0.2) is 11.5 Å². The normalized spacial score (nSPS) is 13.1. The smallest absolute Gasteiger partial charge is 0.330 e. The van der Waals surface area contributed by atoms with Crippen LogP contribution in [0.5, 0.6) is 11.5 Å². The molecule has 0 fully saturated rings. The maximum atomic E-state index is 11.2. The molecule has 0 radical (unpaired) electrons. The molecule has 1 aliphatic heterocycles. The van der Waals surface area contributed by atoms with Gasteiger partial charge in [-0.05, 0) is 24.6 Å². The molecule has 0 spiro atoms.